The molecule has 1 atom stereocenters. The number of aliphatic hydroxyl groups is 1. The molecular weight excluding hydrogens is 303 g/mol. The van der Waals surface area contributed by atoms with Gasteiger partial charge in [-0.05, 0) is 19.1 Å². The molecule has 0 aliphatic heterocycles. The van der Waals surface area contributed by atoms with Crippen molar-refractivity contribution in [1.29, 1.82) is 0 Å². The molecule has 6 nitrogen and oxygen atoms in total. The highest BCUT2D eigenvalue weighted by atomic mass is 32.2. The van der Waals surface area contributed by atoms with E-state index >= 15 is 0 Å². The van der Waals surface area contributed by atoms with Crippen LogP contribution < -0.4 is 4.72 Å². The van der Waals surface area contributed by atoms with E-state index in [0.717, 1.165) is 6.92 Å². The number of aliphatic carboxylic acids is 1. The molecule has 1 rings (SSSR count). The van der Waals surface area contributed by atoms with Crippen molar-refractivity contribution in [2.75, 3.05) is 6.54 Å². The van der Waals surface area contributed by atoms with Crippen molar-refractivity contribution in [2.45, 2.75) is 17.4 Å². The lowest BCUT2D eigenvalue weighted by molar-refractivity contribution is -0.155. The first-order valence-corrected chi connectivity index (χ1v) is 6.56. The first-order chi connectivity index (χ1) is 8.99. The van der Waals surface area contributed by atoms with Gasteiger partial charge in [0.05, 0.1) is 6.54 Å². The molecule has 0 saturated heterocycles. The van der Waals surface area contributed by atoms with E-state index in [1.54, 1.807) is 4.72 Å². The van der Waals surface area contributed by atoms with Gasteiger partial charge in [-0.1, -0.05) is 0 Å². The van der Waals surface area contributed by atoms with Gasteiger partial charge in [-0.2, -0.15) is 0 Å². The summed E-state index contributed by atoms with van der Waals surface area (Å²) in [5.41, 5.74) is -2.44. The highest BCUT2D eigenvalue weighted by Gasteiger charge is 2.33. The summed E-state index contributed by atoms with van der Waals surface area (Å²) >= 11 is 0. The smallest absolute Gasteiger partial charge is 0.336 e. The van der Waals surface area contributed by atoms with E-state index in [0.29, 0.717) is 12.1 Å². The Kier molecular flexibility index (Phi) is 4.42. The maximum Gasteiger partial charge on any atom is 0.336 e. The number of rotatable bonds is 5. The molecule has 0 saturated carbocycles. The first kappa shape index (κ1) is 16.4. The van der Waals surface area contributed by atoms with Crippen molar-refractivity contribution in [3.63, 3.8) is 0 Å². The van der Waals surface area contributed by atoms with E-state index in [1.165, 1.54) is 0 Å². The molecule has 0 amide bonds. The third kappa shape index (κ3) is 3.26. The Bertz CT molecular complexity index is 645. The minimum atomic E-state index is -4.65. The summed E-state index contributed by atoms with van der Waals surface area (Å²) in [6.45, 7) is -0.178. The molecule has 0 aliphatic rings. The van der Waals surface area contributed by atoms with Crippen LogP contribution in [0.15, 0.2) is 17.0 Å². The third-order valence-corrected chi connectivity index (χ3v) is 3.78. The highest BCUT2D eigenvalue weighted by Crippen LogP contribution is 2.19. The van der Waals surface area contributed by atoms with Gasteiger partial charge in [0.1, 0.15) is 4.90 Å². The summed E-state index contributed by atoms with van der Waals surface area (Å²) in [7, 11) is -4.65. The zero-order chi connectivity index (χ0) is 15.7. The van der Waals surface area contributed by atoms with Gasteiger partial charge in [-0.15, -0.1) is 0 Å². The number of carboxylic acids is 1. The quantitative estimate of drug-likeness (QED) is 0.675. The fourth-order valence-electron chi connectivity index (χ4n) is 1.10. The number of carboxylic acid groups (broad SMARTS) is 1. The normalized spacial score (nSPS) is 14.8. The van der Waals surface area contributed by atoms with E-state index in [9.17, 15) is 31.5 Å². The Balaban J connectivity index is 3.08. The molecule has 0 aliphatic carbocycles. The lowest BCUT2D eigenvalue weighted by Crippen LogP contribution is -2.46. The van der Waals surface area contributed by atoms with Crippen molar-refractivity contribution in [3.05, 3.63) is 29.6 Å². The molecule has 10 heteroatoms. The largest absolute Gasteiger partial charge is 0.479 e. The Labute approximate surface area is 111 Å². The first-order valence-electron chi connectivity index (χ1n) is 5.08. The maximum atomic E-state index is 13.3. The Morgan fingerprint density at radius 1 is 1.30 bits per heavy atom. The van der Waals surface area contributed by atoms with Crippen LogP contribution in [0.25, 0.3) is 0 Å². The van der Waals surface area contributed by atoms with Gasteiger partial charge < -0.3 is 10.2 Å². The van der Waals surface area contributed by atoms with E-state index in [4.69, 9.17) is 5.11 Å². The van der Waals surface area contributed by atoms with Gasteiger partial charge in [-0.3, -0.25) is 0 Å². The monoisotopic (exact) mass is 313 g/mol. The Morgan fingerprint density at radius 2 is 1.85 bits per heavy atom. The number of carbonyl (C=O) groups is 1. The number of nitrogens with one attached hydrogen (secondary N) is 1. The van der Waals surface area contributed by atoms with Crippen LogP contribution in [0, 0.1) is 17.5 Å². The van der Waals surface area contributed by atoms with E-state index < -0.39 is 50.5 Å². The second kappa shape index (κ2) is 5.38. The molecule has 0 fully saturated rings. The van der Waals surface area contributed by atoms with Gasteiger partial charge in [0.25, 0.3) is 0 Å². The summed E-state index contributed by atoms with van der Waals surface area (Å²) in [6, 6.07) is 0.883. The van der Waals surface area contributed by atoms with Crippen LogP contribution in [0.4, 0.5) is 13.2 Å². The van der Waals surface area contributed by atoms with Crippen molar-refractivity contribution < 1.29 is 36.6 Å². The lowest BCUT2D eigenvalue weighted by atomic mass is 10.1. The molecule has 1 aromatic carbocycles. The zero-order valence-electron chi connectivity index (χ0n) is 10.0. The van der Waals surface area contributed by atoms with Gasteiger partial charge in [-0.25, -0.2) is 31.1 Å². The van der Waals surface area contributed by atoms with E-state index in [1.807, 2.05) is 0 Å². The van der Waals surface area contributed by atoms with Crippen LogP contribution in [0.1, 0.15) is 6.92 Å². The van der Waals surface area contributed by atoms with Gasteiger partial charge >= 0.3 is 5.97 Å². The Morgan fingerprint density at radius 3 is 2.35 bits per heavy atom. The van der Waals surface area contributed by atoms with Crippen LogP contribution >= 0.6 is 0 Å². The molecular formula is C10H10F3NO5S. The fraction of sp³-hybridized carbons (Fsp3) is 0.300. The predicted molar refractivity (Wildman–Crippen MR) is 59.8 cm³/mol. The second-order valence-electron chi connectivity index (χ2n) is 4.08. The van der Waals surface area contributed by atoms with Gasteiger partial charge in [0, 0.05) is 0 Å². The third-order valence-electron chi connectivity index (χ3n) is 2.36. The predicted octanol–water partition coefficient (Wildman–Crippen LogP) is 0.218. The van der Waals surface area contributed by atoms with E-state index in [2.05, 4.69) is 0 Å². The number of sulfonamides is 1. The molecule has 0 spiro atoms. The van der Waals surface area contributed by atoms with Crippen LogP contribution in [0.3, 0.4) is 0 Å². The minimum absolute atomic E-state index is 0.405. The average Bonchev–Trinajstić information content (AvgIpc) is 2.33. The molecule has 0 radical (unpaired) electrons. The van der Waals surface area contributed by atoms with Crippen LogP contribution in [0.2, 0.25) is 0 Å². The molecule has 112 valence electrons. The molecule has 0 aromatic heterocycles. The van der Waals surface area contributed by atoms with Gasteiger partial charge in [0.15, 0.2) is 23.1 Å². The average molecular weight is 313 g/mol. The lowest BCUT2D eigenvalue weighted by Gasteiger charge is -2.18. The molecule has 0 heterocycles. The van der Waals surface area contributed by atoms with Gasteiger partial charge in [0.2, 0.25) is 10.0 Å². The minimum Gasteiger partial charge on any atom is -0.479 e. The molecule has 20 heavy (non-hydrogen) atoms. The maximum absolute atomic E-state index is 13.3. The topological polar surface area (TPSA) is 104 Å². The van der Waals surface area contributed by atoms with Crippen LogP contribution in [-0.4, -0.2) is 36.7 Å². The van der Waals surface area contributed by atoms with Crippen molar-refractivity contribution in [1.82, 2.24) is 4.72 Å². The summed E-state index contributed by atoms with van der Waals surface area (Å²) < 4.78 is 63.8. The molecule has 1 aromatic rings. The summed E-state index contributed by atoms with van der Waals surface area (Å²) in [6.07, 6.45) is 0. The van der Waals surface area contributed by atoms with Crippen LogP contribution in [0.5, 0.6) is 0 Å². The number of hydrogen-bond acceptors (Lipinski definition) is 4. The molecule has 3 N–H and O–H groups in total. The molecule has 1 unspecified atom stereocenters. The summed E-state index contributed by atoms with van der Waals surface area (Å²) in [5, 5.41) is 17.9. The Hall–Kier alpha value is -1.65. The van der Waals surface area contributed by atoms with E-state index in [-0.39, 0.29) is 0 Å². The standard InChI is InChI=1S/C10H10F3NO5S/c1-10(17,9(15)16)4-14-20(18,19)6-3-2-5(11)7(12)8(6)13/h2-3,14,17H,4H2,1H3,(H,15,16). The second-order valence-corrected chi connectivity index (χ2v) is 5.81. The SMILES string of the molecule is CC(O)(CNS(=O)(=O)c1ccc(F)c(F)c1F)C(=O)O. The summed E-state index contributed by atoms with van der Waals surface area (Å²) in [5.74, 6) is -7.20. The zero-order valence-corrected chi connectivity index (χ0v) is 10.8. The highest BCUT2D eigenvalue weighted by molar-refractivity contribution is 7.89. The van der Waals surface area contributed by atoms with Crippen molar-refractivity contribution >= 4 is 16.0 Å². The number of halogens is 3. The van der Waals surface area contributed by atoms with Crippen molar-refractivity contribution in [3.8, 4) is 0 Å². The fourth-order valence-corrected chi connectivity index (χ4v) is 2.30. The molecule has 0 bridgehead atoms. The number of benzene rings is 1. The van der Waals surface area contributed by atoms with Crippen LogP contribution in [-0.2, 0) is 14.8 Å². The summed E-state index contributed by atoms with van der Waals surface area (Å²) in [4.78, 5) is 9.37. The van der Waals surface area contributed by atoms with Crippen molar-refractivity contribution in [2.24, 2.45) is 0 Å². The number of hydrogen-bond donors (Lipinski definition) is 3.